The van der Waals surface area contributed by atoms with Crippen molar-refractivity contribution < 1.29 is 8.42 Å². The molecule has 0 aromatic carbocycles. The van der Waals surface area contributed by atoms with E-state index in [1.54, 1.807) is 13.2 Å². The fourth-order valence-corrected chi connectivity index (χ4v) is 3.19. The summed E-state index contributed by atoms with van der Waals surface area (Å²) in [4.78, 5) is 4.12. The van der Waals surface area contributed by atoms with Crippen LogP contribution in [0.2, 0.25) is 0 Å². The molecular weight excluding hydrogens is 296 g/mol. The summed E-state index contributed by atoms with van der Waals surface area (Å²) in [5, 5.41) is 6.09. The second-order valence-corrected chi connectivity index (χ2v) is 7.34. The van der Waals surface area contributed by atoms with Crippen molar-refractivity contribution in [3.8, 4) is 0 Å². The molecule has 0 saturated heterocycles. The first-order valence-corrected chi connectivity index (χ1v) is 9.18. The van der Waals surface area contributed by atoms with E-state index in [2.05, 4.69) is 21.9 Å². The number of hydrogen-bond donors (Lipinski definition) is 2. The highest BCUT2D eigenvalue weighted by molar-refractivity contribution is 7.87. The van der Waals surface area contributed by atoms with Gasteiger partial charge in [-0.05, 0) is 25.9 Å². The van der Waals surface area contributed by atoms with E-state index in [1.165, 1.54) is 15.6 Å². The Bertz CT molecular complexity index is 448. The number of hydrogen-bond acceptors (Lipinski definition) is 5. The molecule has 0 unspecified atom stereocenters. The zero-order valence-corrected chi connectivity index (χ0v) is 13.8. The van der Waals surface area contributed by atoms with E-state index in [-0.39, 0.29) is 0 Å². The van der Waals surface area contributed by atoms with Crippen molar-refractivity contribution in [3.05, 3.63) is 16.6 Å². The number of rotatable bonds is 11. The highest BCUT2D eigenvalue weighted by atomic mass is 32.2. The van der Waals surface area contributed by atoms with Gasteiger partial charge in [0, 0.05) is 38.1 Å². The number of aromatic nitrogens is 1. The minimum Gasteiger partial charge on any atom is -0.317 e. The van der Waals surface area contributed by atoms with Crippen molar-refractivity contribution in [2.45, 2.75) is 26.2 Å². The molecule has 1 aromatic heterocycles. The quantitative estimate of drug-likeness (QED) is 0.593. The van der Waals surface area contributed by atoms with E-state index < -0.39 is 10.2 Å². The zero-order chi connectivity index (χ0) is 14.8. The summed E-state index contributed by atoms with van der Waals surface area (Å²) in [6.07, 6.45) is 4.25. The van der Waals surface area contributed by atoms with Crippen molar-refractivity contribution in [1.29, 1.82) is 0 Å². The van der Waals surface area contributed by atoms with Crippen LogP contribution in [0.3, 0.4) is 0 Å². The third-order valence-corrected chi connectivity index (χ3v) is 5.18. The molecule has 0 aliphatic carbocycles. The molecule has 0 fully saturated rings. The standard InChI is InChI=1S/C12H24N4O2S2/c1-3-6-13-7-4-10-16(2)20(17,18)15-8-5-12-14-9-11-19-12/h9,11,13,15H,3-8,10H2,1-2H3. The molecule has 1 heterocycles. The van der Waals surface area contributed by atoms with Gasteiger partial charge >= 0.3 is 0 Å². The van der Waals surface area contributed by atoms with Crippen LogP contribution in [0.25, 0.3) is 0 Å². The van der Waals surface area contributed by atoms with Gasteiger partial charge in [0.2, 0.25) is 0 Å². The van der Waals surface area contributed by atoms with Crippen molar-refractivity contribution in [3.63, 3.8) is 0 Å². The Labute approximate surface area is 125 Å². The van der Waals surface area contributed by atoms with Crippen LogP contribution in [0.4, 0.5) is 0 Å². The number of nitrogens with zero attached hydrogens (tertiary/aromatic N) is 2. The predicted octanol–water partition coefficient (Wildman–Crippen LogP) is 0.841. The van der Waals surface area contributed by atoms with E-state index >= 15 is 0 Å². The van der Waals surface area contributed by atoms with Crippen LogP contribution in [-0.2, 0) is 16.6 Å². The van der Waals surface area contributed by atoms with Gasteiger partial charge in [-0.1, -0.05) is 6.92 Å². The summed E-state index contributed by atoms with van der Waals surface area (Å²) in [6, 6.07) is 0. The molecule has 0 aliphatic heterocycles. The Kier molecular flexibility index (Phi) is 8.24. The van der Waals surface area contributed by atoms with Crippen LogP contribution < -0.4 is 10.0 Å². The minimum absolute atomic E-state index is 0.383. The Morgan fingerprint density at radius 3 is 2.80 bits per heavy atom. The van der Waals surface area contributed by atoms with E-state index in [0.717, 1.165) is 30.9 Å². The molecule has 8 heteroatoms. The molecule has 6 nitrogen and oxygen atoms in total. The molecule has 0 radical (unpaired) electrons. The first-order chi connectivity index (χ1) is 9.56. The van der Waals surface area contributed by atoms with Crippen LogP contribution in [0.1, 0.15) is 24.8 Å². The van der Waals surface area contributed by atoms with Crippen LogP contribution >= 0.6 is 11.3 Å². The first kappa shape index (κ1) is 17.5. The van der Waals surface area contributed by atoms with Crippen LogP contribution in [0.5, 0.6) is 0 Å². The molecule has 0 amide bonds. The smallest absolute Gasteiger partial charge is 0.279 e. The Hall–Kier alpha value is -0.540. The largest absolute Gasteiger partial charge is 0.317 e. The topological polar surface area (TPSA) is 74.3 Å². The molecule has 0 spiro atoms. The normalized spacial score (nSPS) is 12.2. The van der Waals surface area contributed by atoms with Gasteiger partial charge in [-0.15, -0.1) is 11.3 Å². The van der Waals surface area contributed by atoms with Gasteiger partial charge in [-0.3, -0.25) is 0 Å². The summed E-state index contributed by atoms with van der Waals surface area (Å²) >= 11 is 1.54. The predicted molar refractivity (Wildman–Crippen MR) is 83.1 cm³/mol. The molecule has 2 N–H and O–H groups in total. The van der Waals surface area contributed by atoms with E-state index in [9.17, 15) is 8.42 Å². The zero-order valence-electron chi connectivity index (χ0n) is 12.1. The van der Waals surface area contributed by atoms with E-state index in [0.29, 0.717) is 19.5 Å². The number of thiazole rings is 1. The Balaban J connectivity index is 2.21. The van der Waals surface area contributed by atoms with Crippen molar-refractivity contribution >= 4 is 21.5 Å². The van der Waals surface area contributed by atoms with Crippen LogP contribution in [0.15, 0.2) is 11.6 Å². The van der Waals surface area contributed by atoms with E-state index in [1.807, 2.05) is 5.38 Å². The molecule has 0 bridgehead atoms. The first-order valence-electron chi connectivity index (χ1n) is 6.86. The highest BCUT2D eigenvalue weighted by Gasteiger charge is 2.16. The summed E-state index contributed by atoms with van der Waals surface area (Å²) in [5.74, 6) is 0. The molecule has 116 valence electrons. The van der Waals surface area contributed by atoms with Crippen molar-refractivity contribution in [1.82, 2.24) is 19.3 Å². The monoisotopic (exact) mass is 320 g/mol. The second-order valence-electron chi connectivity index (χ2n) is 4.50. The van der Waals surface area contributed by atoms with Gasteiger partial charge < -0.3 is 5.32 Å². The Morgan fingerprint density at radius 1 is 1.35 bits per heavy atom. The van der Waals surface area contributed by atoms with E-state index in [4.69, 9.17) is 0 Å². The lowest BCUT2D eigenvalue weighted by atomic mass is 10.4. The van der Waals surface area contributed by atoms with Gasteiger partial charge in [0.15, 0.2) is 0 Å². The molecule has 1 aromatic rings. The fraction of sp³-hybridized carbons (Fsp3) is 0.750. The van der Waals surface area contributed by atoms with Gasteiger partial charge in [0.1, 0.15) is 0 Å². The summed E-state index contributed by atoms with van der Waals surface area (Å²) < 4.78 is 27.9. The maximum absolute atomic E-state index is 12.0. The second kappa shape index (κ2) is 9.41. The maximum atomic E-state index is 12.0. The van der Waals surface area contributed by atoms with Crippen LogP contribution in [0, 0.1) is 0 Å². The van der Waals surface area contributed by atoms with Gasteiger partial charge in [-0.25, -0.2) is 9.71 Å². The average Bonchev–Trinajstić information content (AvgIpc) is 2.91. The van der Waals surface area contributed by atoms with Gasteiger partial charge in [0.25, 0.3) is 10.2 Å². The summed E-state index contributed by atoms with van der Waals surface area (Å²) in [5.41, 5.74) is 0. The summed E-state index contributed by atoms with van der Waals surface area (Å²) in [6.45, 7) is 4.82. The van der Waals surface area contributed by atoms with Crippen LogP contribution in [-0.4, -0.2) is 50.9 Å². The third kappa shape index (κ3) is 6.76. The lowest BCUT2D eigenvalue weighted by Gasteiger charge is -2.17. The molecular formula is C12H24N4O2S2. The average molecular weight is 320 g/mol. The Morgan fingerprint density at radius 2 is 2.15 bits per heavy atom. The lowest BCUT2D eigenvalue weighted by Crippen LogP contribution is -2.40. The molecule has 0 aliphatic rings. The molecule has 0 atom stereocenters. The fourth-order valence-electron chi connectivity index (χ4n) is 1.62. The lowest BCUT2D eigenvalue weighted by molar-refractivity contribution is 0.445. The third-order valence-electron chi connectivity index (χ3n) is 2.77. The van der Waals surface area contributed by atoms with Crippen molar-refractivity contribution in [2.75, 3.05) is 33.2 Å². The maximum Gasteiger partial charge on any atom is 0.279 e. The van der Waals surface area contributed by atoms with Crippen molar-refractivity contribution in [2.24, 2.45) is 0 Å². The minimum atomic E-state index is -3.37. The SMILES string of the molecule is CCCNCCCN(C)S(=O)(=O)NCCc1nccs1. The van der Waals surface area contributed by atoms with Gasteiger partial charge in [0.05, 0.1) is 5.01 Å². The summed E-state index contributed by atoms with van der Waals surface area (Å²) in [7, 11) is -1.77. The number of nitrogens with one attached hydrogen (secondary N) is 2. The molecule has 0 saturated carbocycles. The van der Waals surface area contributed by atoms with Gasteiger partial charge in [-0.2, -0.15) is 12.7 Å². The molecule has 1 rings (SSSR count). The highest BCUT2D eigenvalue weighted by Crippen LogP contribution is 2.04. The molecule has 20 heavy (non-hydrogen) atoms.